The van der Waals surface area contributed by atoms with Gasteiger partial charge in [-0.15, -0.1) is 0 Å². The monoisotopic (exact) mass is 378 g/mol. The summed E-state index contributed by atoms with van der Waals surface area (Å²) in [6.45, 7) is -0.166. The predicted molar refractivity (Wildman–Crippen MR) is 81.1 cm³/mol. The number of urea groups is 1. The van der Waals surface area contributed by atoms with E-state index in [1.165, 1.54) is 30.1 Å². The summed E-state index contributed by atoms with van der Waals surface area (Å²) in [6, 6.07) is 4.12. The lowest BCUT2D eigenvalue weighted by Crippen LogP contribution is -2.28. The van der Waals surface area contributed by atoms with Gasteiger partial charge in [0.15, 0.2) is 0 Å². The molecular formula is C13H13F3N4O4S. The van der Waals surface area contributed by atoms with E-state index in [1.807, 2.05) is 0 Å². The molecule has 0 aliphatic rings. The van der Waals surface area contributed by atoms with Crippen LogP contribution in [0.25, 0.3) is 0 Å². The van der Waals surface area contributed by atoms with E-state index in [4.69, 9.17) is 0 Å². The van der Waals surface area contributed by atoms with Crippen LogP contribution in [0.5, 0.6) is 5.75 Å². The molecule has 12 heteroatoms. The number of aryl methyl sites for hydroxylation is 1. The van der Waals surface area contributed by atoms with Gasteiger partial charge in [0.25, 0.3) is 6.43 Å². The van der Waals surface area contributed by atoms with Crippen molar-refractivity contribution in [3.05, 3.63) is 41.7 Å². The van der Waals surface area contributed by atoms with Crippen LogP contribution in [-0.2, 0) is 24.1 Å². The van der Waals surface area contributed by atoms with Gasteiger partial charge in [0.1, 0.15) is 11.4 Å². The van der Waals surface area contributed by atoms with E-state index >= 15 is 0 Å². The van der Waals surface area contributed by atoms with Crippen LogP contribution >= 0.6 is 0 Å². The van der Waals surface area contributed by atoms with Crippen molar-refractivity contribution in [3.8, 4) is 5.75 Å². The number of carbonyl (C=O) groups is 1. The van der Waals surface area contributed by atoms with E-state index in [0.717, 1.165) is 12.1 Å². The van der Waals surface area contributed by atoms with Crippen molar-refractivity contribution in [2.24, 2.45) is 7.05 Å². The first kappa shape index (κ1) is 18.6. The Balaban J connectivity index is 1.92. The molecule has 0 aliphatic carbocycles. The van der Waals surface area contributed by atoms with E-state index < -0.39 is 28.7 Å². The molecule has 0 radical (unpaired) electrons. The molecule has 1 heterocycles. The smallest absolute Gasteiger partial charge is 0.358 e. The van der Waals surface area contributed by atoms with Gasteiger partial charge in [0.05, 0.1) is 0 Å². The number of aromatic nitrogens is 2. The van der Waals surface area contributed by atoms with Crippen molar-refractivity contribution in [1.82, 2.24) is 15.1 Å². The zero-order valence-electron chi connectivity index (χ0n) is 12.7. The summed E-state index contributed by atoms with van der Waals surface area (Å²) in [5, 5.41) is 8.39. The third-order valence-corrected chi connectivity index (χ3v) is 3.28. The number of benzene rings is 1. The molecule has 2 rings (SSSR count). The van der Waals surface area contributed by atoms with Gasteiger partial charge in [-0.05, 0) is 24.3 Å². The van der Waals surface area contributed by atoms with Crippen LogP contribution < -0.4 is 14.8 Å². The molecule has 0 bridgehead atoms. The quantitative estimate of drug-likeness (QED) is 0.751. The molecule has 2 amide bonds. The maximum atomic E-state index is 12.8. The minimum Gasteiger partial charge on any atom is -0.358 e. The SMILES string of the molecule is Cn1cc(CNC(=O)Nc2ccc(OS(=O)(=O)F)cc2)c(C(F)F)n1. The number of alkyl halides is 2. The van der Waals surface area contributed by atoms with E-state index in [-0.39, 0.29) is 23.5 Å². The van der Waals surface area contributed by atoms with Gasteiger partial charge in [-0.2, -0.15) is 13.5 Å². The number of rotatable bonds is 6. The fraction of sp³-hybridized carbons (Fsp3) is 0.231. The molecule has 2 N–H and O–H groups in total. The number of anilines is 1. The lowest BCUT2D eigenvalue weighted by Gasteiger charge is -2.08. The highest BCUT2D eigenvalue weighted by Gasteiger charge is 2.17. The highest BCUT2D eigenvalue weighted by Crippen LogP contribution is 2.21. The third-order valence-electron chi connectivity index (χ3n) is 2.89. The Morgan fingerprint density at radius 2 is 1.96 bits per heavy atom. The molecule has 0 spiro atoms. The Kier molecular flexibility index (Phi) is 5.51. The van der Waals surface area contributed by atoms with Gasteiger partial charge in [0.2, 0.25) is 0 Å². The minimum atomic E-state index is -5.13. The maximum Gasteiger partial charge on any atom is 0.488 e. The largest absolute Gasteiger partial charge is 0.488 e. The van der Waals surface area contributed by atoms with Crippen LogP contribution in [-0.4, -0.2) is 24.2 Å². The zero-order chi connectivity index (χ0) is 18.6. The second-order valence-corrected chi connectivity index (χ2v) is 5.78. The van der Waals surface area contributed by atoms with Crippen LogP contribution in [0.4, 0.5) is 23.1 Å². The molecule has 1 aromatic heterocycles. The summed E-state index contributed by atoms with van der Waals surface area (Å²) in [4.78, 5) is 11.8. The van der Waals surface area contributed by atoms with Crippen molar-refractivity contribution < 1.29 is 30.1 Å². The number of nitrogens with zero attached hydrogens (tertiary/aromatic N) is 2. The Hall–Kier alpha value is -2.76. The summed E-state index contributed by atoms with van der Waals surface area (Å²) in [5.41, 5.74) is 0.00246. The lowest BCUT2D eigenvalue weighted by atomic mass is 10.2. The molecular weight excluding hydrogens is 365 g/mol. The molecule has 0 saturated heterocycles. The average molecular weight is 378 g/mol. The van der Waals surface area contributed by atoms with Crippen LogP contribution in [0, 0.1) is 0 Å². The second kappa shape index (κ2) is 7.42. The topological polar surface area (TPSA) is 102 Å². The van der Waals surface area contributed by atoms with E-state index in [0.29, 0.717) is 0 Å². The number of amides is 2. The lowest BCUT2D eigenvalue weighted by molar-refractivity contribution is 0.144. The Morgan fingerprint density at radius 1 is 1.32 bits per heavy atom. The second-order valence-electron chi connectivity index (χ2n) is 4.82. The van der Waals surface area contributed by atoms with Crippen LogP contribution in [0.3, 0.4) is 0 Å². The summed E-state index contributed by atoms with van der Waals surface area (Å²) in [6.07, 6.45) is -1.40. The first-order valence-corrected chi connectivity index (χ1v) is 8.04. The van der Waals surface area contributed by atoms with Crippen molar-refractivity contribution in [2.45, 2.75) is 13.0 Å². The normalized spacial score (nSPS) is 11.4. The van der Waals surface area contributed by atoms with Gasteiger partial charge in [0, 0.05) is 31.0 Å². The Morgan fingerprint density at radius 3 is 2.52 bits per heavy atom. The number of hydrogen-bond donors (Lipinski definition) is 2. The van der Waals surface area contributed by atoms with Crippen molar-refractivity contribution >= 4 is 22.2 Å². The standard InChI is InChI=1S/C13H13F3N4O4S/c1-20-7-8(11(19-20)12(14)15)6-17-13(21)18-9-2-4-10(5-3-9)24-25(16,22)23/h2-5,7,12H,6H2,1H3,(H2,17,18,21). The van der Waals surface area contributed by atoms with Crippen molar-refractivity contribution in [1.29, 1.82) is 0 Å². The van der Waals surface area contributed by atoms with Crippen LogP contribution in [0.15, 0.2) is 30.5 Å². The number of carbonyl (C=O) groups excluding carboxylic acids is 1. The fourth-order valence-electron chi connectivity index (χ4n) is 1.93. The molecule has 136 valence electrons. The number of halogens is 3. The van der Waals surface area contributed by atoms with Gasteiger partial charge >= 0.3 is 16.5 Å². The van der Waals surface area contributed by atoms with Crippen molar-refractivity contribution in [2.75, 3.05) is 5.32 Å². The van der Waals surface area contributed by atoms with Gasteiger partial charge in [-0.25, -0.2) is 13.6 Å². The Bertz CT molecular complexity index is 853. The summed E-state index contributed by atoms with van der Waals surface area (Å²) < 4.78 is 63.8. The van der Waals surface area contributed by atoms with Crippen molar-refractivity contribution in [3.63, 3.8) is 0 Å². The molecule has 1 aromatic carbocycles. The first-order chi connectivity index (χ1) is 11.6. The van der Waals surface area contributed by atoms with Gasteiger partial charge < -0.3 is 14.8 Å². The van der Waals surface area contributed by atoms with E-state index in [1.54, 1.807) is 0 Å². The van der Waals surface area contributed by atoms with E-state index in [9.17, 15) is 25.9 Å². The molecule has 0 saturated carbocycles. The highest BCUT2D eigenvalue weighted by atomic mass is 32.3. The summed E-state index contributed by atoms with van der Waals surface area (Å²) in [7, 11) is -3.65. The molecule has 0 fully saturated rings. The predicted octanol–water partition coefficient (Wildman–Crippen LogP) is 2.27. The molecule has 0 aliphatic heterocycles. The molecule has 0 atom stereocenters. The van der Waals surface area contributed by atoms with Crippen LogP contribution in [0.1, 0.15) is 17.7 Å². The Labute approximate surface area is 141 Å². The zero-order valence-corrected chi connectivity index (χ0v) is 13.6. The maximum absolute atomic E-state index is 12.8. The molecule has 25 heavy (non-hydrogen) atoms. The number of hydrogen-bond acceptors (Lipinski definition) is 5. The van der Waals surface area contributed by atoms with Gasteiger partial charge in [-0.3, -0.25) is 4.68 Å². The number of nitrogens with one attached hydrogen (secondary N) is 2. The average Bonchev–Trinajstić information content (AvgIpc) is 2.87. The van der Waals surface area contributed by atoms with Crippen LogP contribution in [0.2, 0.25) is 0 Å². The molecule has 0 unspecified atom stereocenters. The highest BCUT2D eigenvalue weighted by molar-refractivity contribution is 7.81. The third kappa shape index (κ3) is 5.67. The fourth-order valence-corrected chi connectivity index (χ4v) is 2.28. The summed E-state index contributed by atoms with van der Waals surface area (Å²) in [5.74, 6) is -0.273. The minimum absolute atomic E-state index is 0.166. The molecule has 2 aromatic rings. The molecule has 8 nitrogen and oxygen atoms in total. The van der Waals surface area contributed by atoms with E-state index in [2.05, 4.69) is 19.9 Å². The summed E-state index contributed by atoms with van der Waals surface area (Å²) >= 11 is 0. The van der Waals surface area contributed by atoms with Gasteiger partial charge in [-0.1, -0.05) is 3.89 Å². The first-order valence-electron chi connectivity index (χ1n) is 6.73.